The van der Waals surface area contributed by atoms with Gasteiger partial charge in [-0.1, -0.05) is 54.1 Å². The van der Waals surface area contributed by atoms with Crippen LogP contribution in [0.1, 0.15) is 30.5 Å². The molecule has 4 aromatic rings. The van der Waals surface area contributed by atoms with Crippen LogP contribution >= 0.6 is 0 Å². The number of nitrogens with two attached hydrogens (primary N) is 1. The molecule has 0 saturated carbocycles. The largest absolute Gasteiger partial charge is 0.379 e. The van der Waals surface area contributed by atoms with Crippen LogP contribution in [-0.2, 0) is 10.4 Å². The van der Waals surface area contributed by atoms with E-state index in [9.17, 15) is 9.90 Å². The zero-order valence-corrected chi connectivity index (χ0v) is 18.5. The predicted octanol–water partition coefficient (Wildman–Crippen LogP) is 3.63. The van der Waals surface area contributed by atoms with E-state index in [1.807, 2.05) is 73.8 Å². The minimum atomic E-state index is -1.41. The molecule has 4 rings (SSSR count). The fourth-order valence-electron chi connectivity index (χ4n) is 3.77. The van der Waals surface area contributed by atoms with Crippen LogP contribution in [-0.4, -0.2) is 33.1 Å². The second-order valence-corrected chi connectivity index (χ2v) is 8.81. The minimum Gasteiger partial charge on any atom is -0.379 e. The number of aromatic amines is 1. The number of carbonyl (C=O) groups excluding carboxylic acids is 1. The Morgan fingerprint density at radius 3 is 2.28 bits per heavy atom. The maximum Gasteiger partial charge on any atom is 0.239 e. The summed E-state index contributed by atoms with van der Waals surface area (Å²) >= 11 is 0. The SMILES string of the molecule is Cc1ccc(C(O)(CNC(=O)C(C)(C)N)c2ccc(-c3ccnc4[nH]ccc34)cc2)cc1. The van der Waals surface area contributed by atoms with Gasteiger partial charge in [0.2, 0.25) is 5.91 Å². The normalized spacial score (nSPS) is 13.7. The number of aryl methyl sites for hydroxylation is 1. The first-order valence-corrected chi connectivity index (χ1v) is 10.6. The zero-order valence-electron chi connectivity index (χ0n) is 18.5. The highest BCUT2D eigenvalue weighted by Crippen LogP contribution is 2.33. The maximum atomic E-state index is 12.4. The van der Waals surface area contributed by atoms with Crippen molar-refractivity contribution in [3.05, 3.63) is 89.7 Å². The van der Waals surface area contributed by atoms with Crippen molar-refractivity contribution in [2.24, 2.45) is 5.73 Å². The van der Waals surface area contributed by atoms with E-state index < -0.39 is 11.1 Å². The van der Waals surface area contributed by atoms with Gasteiger partial charge in [0, 0.05) is 17.8 Å². The Labute approximate surface area is 187 Å². The number of pyridine rings is 1. The Kier molecular flexibility index (Phi) is 5.59. The van der Waals surface area contributed by atoms with Crippen LogP contribution in [0.15, 0.2) is 73.1 Å². The van der Waals surface area contributed by atoms with Crippen LogP contribution in [0, 0.1) is 6.92 Å². The van der Waals surface area contributed by atoms with Gasteiger partial charge in [-0.25, -0.2) is 4.98 Å². The highest BCUT2D eigenvalue weighted by atomic mass is 16.3. The standard InChI is InChI=1S/C26H28N4O2/c1-17-4-8-19(9-5-17)26(32,16-30-24(31)25(2,3)27)20-10-6-18(7-11-20)21-12-14-28-23-22(21)13-15-29-23/h4-15,32H,16,27H2,1-3H3,(H,28,29)(H,30,31). The van der Waals surface area contributed by atoms with Gasteiger partial charge < -0.3 is 21.1 Å². The number of benzene rings is 2. The van der Waals surface area contributed by atoms with Crippen molar-refractivity contribution in [1.29, 1.82) is 0 Å². The number of aromatic nitrogens is 2. The lowest BCUT2D eigenvalue weighted by molar-refractivity contribution is -0.126. The van der Waals surface area contributed by atoms with Gasteiger partial charge >= 0.3 is 0 Å². The summed E-state index contributed by atoms with van der Waals surface area (Å²) in [6.45, 7) is 5.27. The lowest BCUT2D eigenvalue weighted by Gasteiger charge is -2.31. The fraction of sp³-hybridized carbons (Fsp3) is 0.231. The van der Waals surface area contributed by atoms with Crippen molar-refractivity contribution in [3.63, 3.8) is 0 Å². The molecule has 6 heteroatoms. The molecule has 0 spiro atoms. The molecule has 164 valence electrons. The van der Waals surface area contributed by atoms with Crippen LogP contribution in [0.5, 0.6) is 0 Å². The molecular weight excluding hydrogens is 400 g/mol. The molecule has 2 aromatic carbocycles. The first kappa shape index (κ1) is 21.7. The van der Waals surface area contributed by atoms with Crippen molar-refractivity contribution in [2.45, 2.75) is 31.9 Å². The van der Waals surface area contributed by atoms with Crippen LogP contribution < -0.4 is 11.1 Å². The summed E-state index contributed by atoms with van der Waals surface area (Å²) in [5.74, 6) is -0.328. The molecule has 1 amide bonds. The maximum absolute atomic E-state index is 12.4. The molecule has 0 aliphatic rings. The summed E-state index contributed by atoms with van der Waals surface area (Å²) < 4.78 is 0. The van der Waals surface area contributed by atoms with Gasteiger partial charge in [0.15, 0.2) is 0 Å². The summed E-state index contributed by atoms with van der Waals surface area (Å²) in [4.78, 5) is 19.9. The predicted molar refractivity (Wildman–Crippen MR) is 127 cm³/mol. The number of nitrogens with zero attached hydrogens (tertiary/aromatic N) is 1. The van der Waals surface area contributed by atoms with E-state index in [0.717, 1.165) is 27.7 Å². The molecule has 0 aliphatic carbocycles. The zero-order chi connectivity index (χ0) is 22.9. The van der Waals surface area contributed by atoms with Gasteiger partial charge in [0.25, 0.3) is 0 Å². The van der Waals surface area contributed by atoms with Crippen molar-refractivity contribution < 1.29 is 9.90 Å². The van der Waals surface area contributed by atoms with Crippen molar-refractivity contribution in [2.75, 3.05) is 6.54 Å². The molecule has 0 fully saturated rings. The number of carbonyl (C=O) groups is 1. The molecule has 0 bridgehead atoms. The molecule has 1 atom stereocenters. The summed E-state index contributed by atoms with van der Waals surface area (Å²) in [7, 11) is 0. The van der Waals surface area contributed by atoms with Gasteiger partial charge in [-0.3, -0.25) is 4.79 Å². The topological polar surface area (TPSA) is 104 Å². The number of hydrogen-bond donors (Lipinski definition) is 4. The third kappa shape index (κ3) is 4.15. The van der Waals surface area contributed by atoms with Gasteiger partial charge in [0.1, 0.15) is 11.2 Å². The van der Waals surface area contributed by atoms with Crippen molar-refractivity contribution >= 4 is 16.9 Å². The van der Waals surface area contributed by atoms with Crippen molar-refractivity contribution in [1.82, 2.24) is 15.3 Å². The molecule has 2 heterocycles. The summed E-state index contributed by atoms with van der Waals surface area (Å²) in [6.07, 6.45) is 3.64. The van der Waals surface area contributed by atoms with E-state index in [1.165, 1.54) is 0 Å². The second kappa shape index (κ2) is 8.22. The van der Waals surface area contributed by atoms with E-state index in [2.05, 4.69) is 15.3 Å². The van der Waals surface area contributed by atoms with Crippen LogP contribution in [0.2, 0.25) is 0 Å². The first-order chi connectivity index (χ1) is 15.2. The lowest BCUT2D eigenvalue weighted by Crippen LogP contribution is -2.52. The highest BCUT2D eigenvalue weighted by molar-refractivity contribution is 5.92. The number of aliphatic hydroxyl groups is 1. The number of amides is 1. The molecule has 1 unspecified atom stereocenters. The van der Waals surface area contributed by atoms with Gasteiger partial charge in [0.05, 0.1) is 12.1 Å². The first-order valence-electron chi connectivity index (χ1n) is 10.6. The van der Waals surface area contributed by atoms with E-state index in [1.54, 1.807) is 20.0 Å². The van der Waals surface area contributed by atoms with Crippen LogP contribution in [0.25, 0.3) is 22.2 Å². The smallest absolute Gasteiger partial charge is 0.239 e. The van der Waals surface area contributed by atoms with E-state index in [0.29, 0.717) is 11.1 Å². The molecule has 6 nitrogen and oxygen atoms in total. The van der Waals surface area contributed by atoms with E-state index >= 15 is 0 Å². The number of rotatable bonds is 6. The Balaban J connectivity index is 1.71. The van der Waals surface area contributed by atoms with Gasteiger partial charge in [-0.2, -0.15) is 0 Å². The number of nitrogens with one attached hydrogen (secondary N) is 2. The number of H-pyrrole nitrogens is 1. The second-order valence-electron chi connectivity index (χ2n) is 8.81. The van der Waals surface area contributed by atoms with E-state index in [4.69, 9.17) is 5.73 Å². The Morgan fingerprint density at radius 1 is 1.03 bits per heavy atom. The quantitative estimate of drug-likeness (QED) is 0.376. The molecule has 2 aromatic heterocycles. The number of fused-ring (bicyclic) bond motifs is 1. The Bertz CT molecular complexity index is 1240. The molecule has 0 radical (unpaired) electrons. The fourth-order valence-corrected chi connectivity index (χ4v) is 3.77. The van der Waals surface area contributed by atoms with E-state index in [-0.39, 0.29) is 12.5 Å². The summed E-state index contributed by atoms with van der Waals surface area (Å²) in [6, 6.07) is 19.4. The molecular formula is C26H28N4O2. The molecule has 32 heavy (non-hydrogen) atoms. The Morgan fingerprint density at radius 2 is 1.66 bits per heavy atom. The van der Waals surface area contributed by atoms with Crippen LogP contribution in [0.4, 0.5) is 0 Å². The minimum absolute atomic E-state index is 0.00613. The molecule has 0 saturated heterocycles. The molecule has 5 N–H and O–H groups in total. The lowest BCUT2D eigenvalue weighted by atomic mass is 9.84. The summed E-state index contributed by atoms with van der Waals surface area (Å²) in [5.41, 5.74) is 8.84. The highest BCUT2D eigenvalue weighted by Gasteiger charge is 2.34. The Hall–Kier alpha value is -3.48. The third-order valence-corrected chi connectivity index (χ3v) is 5.75. The average molecular weight is 429 g/mol. The molecule has 0 aliphatic heterocycles. The number of hydrogen-bond acceptors (Lipinski definition) is 4. The van der Waals surface area contributed by atoms with Gasteiger partial charge in [-0.15, -0.1) is 0 Å². The van der Waals surface area contributed by atoms with Crippen LogP contribution in [0.3, 0.4) is 0 Å². The van der Waals surface area contributed by atoms with Crippen molar-refractivity contribution in [3.8, 4) is 11.1 Å². The third-order valence-electron chi connectivity index (χ3n) is 5.75. The monoisotopic (exact) mass is 428 g/mol. The van der Waals surface area contributed by atoms with Gasteiger partial charge in [-0.05, 0) is 55.2 Å². The average Bonchev–Trinajstić information content (AvgIpc) is 3.26. The summed E-state index contributed by atoms with van der Waals surface area (Å²) in [5, 5.41) is 15.6.